The van der Waals surface area contributed by atoms with E-state index in [1.165, 1.54) is 13.4 Å². The van der Waals surface area contributed by atoms with Crippen LogP contribution in [0.25, 0.3) is 11.2 Å². The van der Waals surface area contributed by atoms with Crippen molar-refractivity contribution in [2.45, 2.75) is 44.9 Å². The first-order chi connectivity index (χ1) is 13.2. The van der Waals surface area contributed by atoms with Gasteiger partial charge in [-0.05, 0) is 32.6 Å². The number of nitrogens with zero attached hydrogens (tertiary/aromatic N) is 4. The van der Waals surface area contributed by atoms with E-state index in [2.05, 4.69) is 15.0 Å². The van der Waals surface area contributed by atoms with Gasteiger partial charge in [0.1, 0.15) is 5.50 Å². The van der Waals surface area contributed by atoms with E-state index in [4.69, 9.17) is 47.7 Å². The van der Waals surface area contributed by atoms with Gasteiger partial charge in [-0.1, -0.05) is 11.6 Å². The van der Waals surface area contributed by atoms with Gasteiger partial charge in [-0.3, -0.25) is 4.57 Å². The van der Waals surface area contributed by atoms with Crippen molar-refractivity contribution in [3.8, 4) is 5.88 Å². The fourth-order valence-corrected chi connectivity index (χ4v) is 4.37. The number of halogens is 1. The number of hydrogen-bond donors (Lipinski definition) is 2. The van der Waals surface area contributed by atoms with Gasteiger partial charge < -0.3 is 29.1 Å². The number of anilines is 1. The highest BCUT2D eigenvalue weighted by Crippen LogP contribution is 2.45. The van der Waals surface area contributed by atoms with E-state index in [-0.39, 0.29) is 18.7 Å². The fourth-order valence-electron chi connectivity index (χ4n) is 2.39. The Morgan fingerprint density at radius 1 is 1.39 bits per heavy atom. The number of nitrogens with two attached hydrogens (primary N) is 1. The number of nitrogen functional groups attached to an aromatic ring is 1. The highest BCUT2D eigenvalue weighted by molar-refractivity contribution is 8.07. The Hall–Kier alpha value is -1.07. The molecule has 0 aliphatic carbocycles. The lowest BCUT2D eigenvalue weighted by molar-refractivity contribution is 0.0370. The van der Waals surface area contributed by atoms with Crippen LogP contribution in [0.3, 0.4) is 0 Å². The van der Waals surface area contributed by atoms with Crippen LogP contribution in [0.4, 0.5) is 5.95 Å². The number of alkyl halides is 1. The van der Waals surface area contributed by atoms with Crippen molar-refractivity contribution in [3.63, 3.8) is 0 Å². The van der Waals surface area contributed by atoms with Crippen LogP contribution in [0.2, 0.25) is 0 Å². The molecule has 0 aliphatic rings. The van der Waals surface area contributed by atoms with Crippen LogP contribution in [0.5, 0.6) is 5.88 Å². The first-order valence-corrected chi connectivity index (χ1v) is 11.6. The summed E-state index contributed by atoms with van der Waals surface area (Å²) >= 11 is 11.5. The van der Waals surface area contributed by atoms with Crippen LogP contribution in [-0.2, 0) is 25.6 Å². The number of aromatic nitrogens is 4. The summed E-state index contributed by atoms with van der Waals surface area (Å²) < 4.78 is 23.1. The standard InChI is InChI=1S/C15H25ClN5O5PS/c1-5-24-14-12-13(19-15(17)20-14)21(8-18-12)11(16)6-10(23-4)7-25-27(22,28)26-9(2)3/h8-11H,5-7H2,1-4H3,(H,22,28)(H2,17,19,20). The molecule has 0 radical (unpaired) electrons. The van der Waals surface area contributed by atoms with E-state index in [0.717, 1.165) is 0 Å². The van der Waals surface area contributed by atoms with Crippen molar-refractivity contribution in [2.24, 2.45) is 0 Å². The van der Waals surface area contributed by atoms with Crippen LogP contribution in [0.15, 0.2) is 6.33 Å². The largest absolute Gasteiger partial charge is 0.476 e. The Balaban J connectivity index is 2.12. The number of hydrogen-bond acceptors (Lipinski definition) is 9. The lowest BCUT2D eigenvalue weighted by Crippen LogP contribution is -2.22. The van der Waals surface area contributed by atoms with Crippen molar-refractivity contribution in [2.75, 3.05) is 26.1 Å². The second-order valence-corrected chi connectivity index (χ2v) is 9.38. The van der Waals surface area contributed by atoms with Crippen LogP contribution in [0.1, 0.15) is 32.7 Å². The van der Waals surface area contributed by atoms with Crippen molar-refractivity contribution < 1.29 is 23.4 Å². The number of imidazole rings is 1. The Kier molecular flexibility index (Phi) is 8.38. The maximum Gasteiger partial charge on any atom is 0.324 e. The number of fused-ring (bicyclic) bond motifs is 1. The zero-order chi connectivity index (χ0) is 20.9. The number of methoxy groups -OCH3 is 1. The molecule has 10 nitrogen and oxygen atoms in total. The first-order valence-electron chi connectivity index (χ1n) is 8.62. The molecule has 0 saturated heterocycles. The van der Waals surface area contributed by atoms with E-state index in [1.54, 1.807) is 18.4 Å². The average Bonchev–Trinajstić information content (AvgIpc) is 3.01. The summed E-state index contributed by atoms with van der Waals surface area (Å²) in [6.45, 7) is 2.45. The second kappa shape index (κ2) is 10.1. The van der Waals surface area contributed by atoms with Crippen LogP contribution >= 0.6 is 18.3 Å². The smallest absolute Gasteiger partial charge is 0.324 e. The molecule has 0 saturated carbocycles. The molecule has 3 N–H and O–H groups in total. The fraction of sp³-hybridized carbons (Fsp3) is 0.667. The monoisotopic (exact) mass is 453 g/mol. The number of rotatable bonds is 11. The maximum absolute atomic E-state index is 10.0. The minimum absolute atomic E-state index is 0.0220. The van der Waals surface area contributed by atoms with Crippen LogP contribution < -0.4 is 10.5 Å². The third-order valence-electron chi connectivity index (χ3n) is 3.55. The molecule has 158 valence electrons. The van der Waals surface area contributed by atoms with Crippen molar-refractivity contribution in [1.82, 2.24) is 19.5 Å². The minimum atomic E-state index is -3.34. The van der Waals surface area contributed by atoms with Gasteiger partial charge in [0, 0.05) is 13.5 Å². The summed E-state index contributed by atoms with van der Waals surface area (Å²) in [5, 5.41) is 0. The lowest BCUT2D eigenvalue weighted by Gasteiger charge is -2.23. The summed E-state index contributed by atoms with van der Waals surface area (Å²) in [4.78, 5) is 22.6. The van der Waals surface area contributed by atoms with E-state index < -0.39 is 18.3 Å². The maximum atomic E-state index is 10.0. The molecule has 13 heteroatoms. The number of ether oxygens (including phenoxy) is 2. The molecule has 2 aromatic heterocycles. The van der Waals surface area contributed by atoms with Crippen LogP contribution in [-0.4, -0.2) is 56.9 Å². The van der Waals surface area contributed by atoms with Gasteiger partial charge in [-0.25, -0.2) is 4.98 Å². The third-order valence-corrected chi connectivity index (χ3v) is 5.67. The Bertz CT molecular complexity index is 838. The van der Waals surface area contributed by atoms with Crippen molar-refractivity contribution >= 4 is 47.2 Å². The SMILES string of the molecule is CCOc1nc(N)nc2c1ncn2C(Cl)CC(COP(O)(=S)OC(C)C)OC. The van der Waals surface area contributed by atoms with E-state index in [0.29, 0.717) is 30.1 Å². The molecule has 3 atom stereocenters. The summed E-state index contributed by atoms with van der Waals surface area (Å²) in [5.41, 5.74) is 6.09. The zero-order valence-electron chi connectivity index (χ0n) is 16.1. The summed E-state index contributed by atoms with van der Waals surface area (Å²) in [7, 11) is 1.52. The topological polar surface area (TPSA) is 127 Å². The van der Waals surface area contributed by atoms with Crippen LogP contribution in [0, 0.1) is 0 Å². The Morgan fingerprint density at radius 2 is 2.11 bits per heavy atom. The highest BCUT2D eigenvalue weighted by Gasteiger charge is 2.24. The molecule has 0 bridgehead atoms. The van der Waals surface area contributed by atoms with Crippen molar-refractivity contribution in [3.05, 3.63) is 6.33 Å². The first kappa shape index (κ1) is 23.2. The van der Waals surface area contributed by atoms with E-state index >= 15 is 0 Å². The molecule has 2 aromatic rings. The minimum Gasteiger partial charge on any atom is -0.476 e. The van der Waals surface area contributed by atoms with Gasteiger partial charge in [0.15, 0.2) is 11.2 Å². The summed E-state index contributed by atoms with van der Waals surface area (Å²) in [5.74, 6) is 0.353. The molecule has 3 unspecified atom stereocenters. The van der Waals surface area contributed by atoms with Crippen molar-refractivity contribution in [1.29, 1.82) is 0 Å². The normalized spacial score (nSPS) is 16.2. The molecule has 0 fully saturated rings. The molecule has 0 aromatic carbocycles. The van der Waals surface area contributed by atoms with Gasteiger partial charge in [0.2, 0.25) is 11.8 Å². The Morgan fingerprint density at radius 3 is 2.71 bits per heavy atom. The predicted molar refractivity (Wildman–Crippen MR) is 110 cm³/mol. The summed E-state index contributed by atoms with van der Waals surface area (Å²) in [6.07, 6.45) is 1.16. The van der Waals surface area contributed by atoms with Gasteiger partial charge in [0.25, 0.3) is 0 Å². The molecule has 0 spiro atoms. The van der Waals surface area contributed by atoms with E-state index in [9.17, 15) is 4.89 Å². The average molecular weight is 454 g/mol. The molecule has 0 aliphatic heterocycles. The lowest BCUT2D eigenvalue weighted by atomic mass is 10.2. The molecule has 0 amide bonds. The van der Waals surface area contributed by atoms with Gasteiger partial charge in [0.05, 0.1) is 31.7 Å². The van der Waals surface area contributed by atoms with Gasteiger partial charge in [-0.2, -0.15) is 9.97 Å². The summed E-state index contributed by atoms with van der Waals surface area (Å²) in [6, 6.07) is 0. The molecule has 28 heavy (non-hydrogen) atoms. The third kappa shape index (κ3) is 6.21. The zero-order valence-corrected chi connectivity index (χ0v) is 18.6. The van der Waals surface area contributed by atoms with E-state index in [1.807, 2.05) is 6.92 Å². The Labute approximate surface area is 173 Å². The van der Waals surface area contributed by atoms with Gasteiger partial charge >= 0.3 is 6.72 Å². The highest BCUT2D eigenvalue weighted by atomic mass is 35.5. The second-order valence-electron chi connectivity index (χ2n) is 6.09. The van der Waals surface area contributed by atoms with Gasteiger partial charge in [-0.15, -0.1) is 0 Å². The quantitative estimate of drug-likeness (QED) is 0.387. The molecule has 2 rings (SSSR count). The predicted octanol–water partition coefficient (Wildman–Crippen LogP) is 2.61. The molecule has 2 heterocycles. The molecular formula is C15H25ClN5O5PS. The molecular weight excluding hydrogens is 429 g/mol.